The maximum Gasteiger partial charge on any atom is 0.241 e. The number of ether oxygens (including phenoxy) is 1. The molecule has 0 radical (unpaired) electrons. The summed E-state index contributed by atoms with van der Waals surface area (Å²) in [7, 11) is -1.84. The first-order valence-electron chi connectivity index (χ1n) is 5.70. The van der Waals surface area contributed by atoms with Crippen LogP contribution in [0.4, 0.5) is 0 Å². The fourth-order valence-electron chi connectivity index (χ4n) is 1.52. The van der Waals surface area contributed by atoms with Gasteiger partial charge in [0.1, 0.15) is 0 Å². The number of thiophene rings is 1. The van der Waals surface area contributed by atoms with Gasteiger partial charge in [-0.2, -0.15) is 0 Å². The lowest BCUT2D eigenvalue weighted by Crippen LogP contribution is -2.25. The number of aryl methyl sites for hydroxylation is 1. The maximum atomic E-state index is 12.0. The van der Waals surface area contributed by atoms with Gasteiger partial charge in [-0.1, -0.05) is 0 Å². The van der Waals surface area contributed by atoms with E-state index in [-0.39, 0.29) is 11.5 Å². The van der Waals surface area contributed by atoms with E-state index in [1.54, 1.807) is 14.0 Å². The van der Waals surface area contributed by atoms with Crippen molar-refractivity contribution in [1.29, 1.82) is 0 Å². The highest BCUT2D eigenvalue weighted by atomic mass is 32.2. The van der Waals surface area contributed by atoms with Gasteiger partial charge >= 0.3 is 0 Å². The predicted octanol–water partition coefficient (Wildman–Crippen LogP) is 1.25. The Balaban J connectivity index is 2.60. The van der Waals surface area contributed by atoms with Gasteiger partial charge in [-0.3, -0.25) is 0 Å². The lowest BCUT2D eigenvalue weighted by Gasteiger charge is -2.05. The van der Waals surface area contributed by atoms with Crippen molar-refractivity contribution in [3.8, 4) is 0 Å². The normalized spacial score (nSPS) is 11.9. The minimum Gasteiger partial charge on any atom is -0.391 e. The molecule has 0 bridgehead atoms. The van der Waals surface area contributed by atoms with E-state index >= 15 is 0 Å². The van der Waals surface area contributed by atoms with Gasteiger partial charge in [0.15, 0.2) is 0 Å². The van der Waals surface area contributed by atoms with Crippen molar-refractivity contribution in [2.45, 2.75) is 31.3 Å². The smallest absolute Gasteiger partial charge is 0.241 e. The zero-order valence-corrected chi connectivity index (χ0v) is 12.2. The molecular formula is C11H19NO4S2. The van der Waals surface area contributed by atoms with Gasteiger partial charge in [0.2, 0.25) is 10.0 Å². The minimum atomic E-state index is -3.46. The summed E-state index contributed by atoms with van der Waals surface area (Å²) in [5.74, 6) is 0. The second-order valence-electron chi connectivity index (χ2n) is 3.89. The van der Waals surface area contributed by atoms with Crippen molar-refractivity contribution in [2.24, 2.45) is 0 Å². The van der Waals surface area contributed by atoms with Gasteiger partial charge < -0.3 is 9.84 Å². The van der Waals surface area contributed by atoms with Crippen LogP contribution in [0.5, 0.6) is 0 Å². The molecule has 7 heteroatoms. The molecule has 0 saturated heterocycles. The lowest BCUT2D eigenvalue weighted by atomic mass is 10.3. The van der Waals surface area contributed by atoms with E-state index in [0.29, 0.717) is 22.9 Å². The Morgan fingerprint density at radius 3 is 2.72 bits per heavy atom. The standard InChI is InChI=1S/C11H19NO4S2/c1-9-11(7-10(8-13)17-9)18(14,15)12-5-3-4-6-16-2/h7,12-13H,3-6,8H2,1-2H3. The molecule has 0 saturated carbocycles. The molecule has 1 heterocycles. The minimum absolute atomic E-state index is 0.130. The number of nitrogens with one attached hydrogen (secondary N) is 1. The number of hydrogen-bond acceptors (Lipinski definition) is 5. The second kappa shape index (κ2) is 7.20. The molecule has 0 fully saturated rings. The highest BCUT2D eigenvalue weighted by Gasteiger charge is 2.18. The van der Waals surface area contributed by atoms with Crippen LogP contribution in [0.3, 0.4) is 0 Å². The van der Waals surface area contributed by atoms with Crippen molar-refractivity contribution >= 4 is 21.4 Å². The summed E-state index contributed by atoms with van der Waals surface area (Å²) in [6.07, 6.45) is 1.56. The first-order chi connectivity index (χ1) is 8.51. The number of sulfonamides is 1. The van der Waals surface area contributed by atoms with Gasteiger partial charge in [-0.05, 0) is 25.8 Å². The summed E-state index contributed by atoms with van der Waals surface area (Å²) in [5.41, 5.74) is 0. The van der Waals surface area contributed by atoms with Crippen LogP contribution < -0.4 is 4.72 Å². The molecule has 0 aliphatic carbocycles. The maximum absolute atomic E-state index is 12.0. The van der Waals surface area contributed by atoms with Crippen LogP contribution in [0.2, 0.25) is 0 Å². The van der Waals surface area contributed by atoms with Crippen LogP contribution >= 0.6 is 11.3 Å². The molecule has 0 amide bonds. The average molecular weight is 293 g/mol. The number of aliphatic hydroxyl groups is 1. The van der Waals surface area contributed by atoms with Crippen LogP contribution in [0.15, 0.2) is 11.0 Å². The molecule has 1 aromatic rings. The average Bonchev–Trinajstić information content (AvgIpc) is 2.71. The van der Waals surface area contributed by atoms with Crippen LogP contribution in [0.1, 0.15) is 22.6 Å². The SMILES string of the molecule is COCCCCNS(=O)(=O)c1cc(CO)sc1C. The van der Waals surface area contributed by atoms with Gasteiger partial charge in [-0.15, -0.1) is 11.3 Å². The van der Waals surface area contributed by atoms with E-state index in [1.165, 1.54) is 17.4 Å². The van der Waals surface area contributed by atoms with Crippen molar-refractivity contribution in [1.82, 2.24) is 4.72 Å². The summed E-state index contributed by atoms with van der Waals surface area (Å²) in [6, 6.07) is 1.53. The highest BCUT2D eigenvalue weighted by Crippen LogP contribution is 2.25. The quantitative estimate of drug-likeness (QED) is 0.707. The Hall–Kier alpha value is -0.470. The zero-order chi connectivity index (χ0) is 13.6. The summed E-state index contributed by atoms with van der Waals surface area (Å²) < 4.78 is 31.4. The van der Waals surface area contributed by atoms with Crippen molar-refractivity contribution in [3.05, 3.63) is 15.8 Å². The predicted molar refractivity (Wildman–Crippen MR) is 71.3 cm³/mol. The summed E-state index contributed by atoms with van der Waals surface area (Å²) in [4.78, 5) is 1.62. The molecule has 0 spiro atoms. The lowest BCUT2D eigenvalue weighted by molar-refractivity contribution is 0.193. The fraction of sp³-hybridized carbons (Fsp3) is 0.636. The van der Waals surface area contributed by atoms with Crippen molar-refractivity contribution in [2.75, 3.05) is 20.3 Å². The van der Waals surface area contributed by atoms with Gasteiger partial charge in [0.05, 0.1) is 11.5 Å². The highest BCUT2D eigenvalue weighted by molar-refractivity contribution is 7.89. The number of methoxy groups -OCH3 is 1. The van der Waals surface area contributed by atoms with E-state index in [1.807, 2.05) is 0 Å². The van der Waals surface area contributed by atoms with E-state index in [2.05, 4.69) is 4.72 Å². The largest absolute Gasteiger partial charge is 0.391 e. The molecule has 1 rings (SSSR count). The molecule has 0 aliphatic rings. The summed E-state index contributed by atoms with van der Waals surface area (Å²) in [6.45, 7) is 2.64. The Morgan fingerprint density at radius 2 is 2.17 bits per heavy atom. The van der Waals surface area contributed by atoms with Gasteiger partial charge in [0.25, 0.3) is 0 Å². The second-order valence-corrected chi connectivity index (χ2v) is 6.97. The molecule has 0 aromatic carbocycles. The Morgan fingerprint density at radius 1 is 1.44 bits per heavy atom. The number of aliphatic hydroxyl groups excluding tert-OH is 1. The third-order valence-corrected chi connectivity index (χ3v) is 5.19. The van der Waals surface area contributed by atoms with Crippen LogP contribution in [-0.2, 0) is 21.4 Å². The van der Waals surface area contributed by atoms with Crippen LogP contribution in [0.25, 0.3) is 0 Å². The molecule has 2 N–H and O–H groups in total. The van der Waals surface area contributed by atoms with E-state index < -0.39 is 10.0 Å². The van der Waals surface area contributed by atoms with E-state index in [9.17, 15) is 8.42 Å². The van der Waals surface area contributed by atoms with Crippen LogP contribution in [-0.4, -0.2) is 33.8 Å². The molecule has 1 aromatic heterocycles. The third kappa shape index (κ3) is 4.33. The molecule has 0 aliphatic heterocycles. The molecule has 18 heavy (non-hydrogen) atoms. The molecule has 5 nitrogen and oxygen atoms in total. The summed E-state index contributed by atoms with van der Waals surface area (Å²) in [5, 5.41) is 9.00. The van der Waals surface area contributed by atoms with Crippen LogP contribution in [0, 0.1) is 6.92 Å². The van der Waals surface area contributed by atoms with Crippen molar-refractivity contribution < 1.29 is 18.3 Å². The molecule has 0 unspecified atom stereocenters. The molecule has 104 valence electrons. The van der Waals surface area contributed by atoms with Crippen molar-refractivity contribution in [3.63, 3.8) is 0 Å². The Kier molecular flexibility index (Phi) is 6.24. The fourth-order valence-corrected chi connectivity index (χ4v) is 4.09. The van der Waals surface area contributed by atoms with Gasteiger partial charge in [0, 0.05) is 30.0 Å². The Labute approximate surface area is 112 Å². The van der Waals surface area contributed by atoms with Gasteiger partial charge in [-0.25, -0.2) is 13.1 Å². The molecule has 0 atom stereocenters. The third-order valence-electron chi connectivity index (χ3n) is 2.44. The monoisotopic (exact) mass is 293 g/mol. The molecular weight excluding hydrogens is 274 g/mol. The first kappa shape index (κ1) is 15.6. The summed E-state index contributed by atoms with van der Waals surface area (Å²) >= 11 is 1.30. The van der Waals surface area contributed by atoms with E-state index in [4.69, 9.17) is 9.84 Å². The Bertz CT molecular complexity index is 467. The zero-order valence-electron chi connectivity index (χ0n) is 10.6. The first-order valence-corrected chi connectivity index (χ1v) is 8.00. The number of rotatable bonds is 8. The topological polar surface area (TPSA) is 75.6 Å². The number of hydrogen-bond donors (Lipinski definition) is 2. The van der Waals surface area contributed by atoms with E-state index in [0.717, 1.165) is 12.8 Å². The number of unbranched alkanes of at least 4 members (excludes halogenated alkanes) is 1.